The molecule has 5 aromatic rings. The van der Waals surface area contributed by atoms with E-state index in [-0.39, 0.29) is 5.02 Å². The van der Waals surface area contributed by atoms with Crippen LogP contribution in [0.3, 0.4) is 0 Å². The number of carbonyl (C=O) groups excluding carboxylic acids is 1. The maximum atomic E-state index is 13.3. The van der Waals surface area contributed by atoms with Gasteiger partial charge in [-0.2, -0.15) is 0 Å². The molecule has 0 atom stereocenters. The zero-order valence-corrected chi connectivity index (χ0v) is 18.3. The Bertz CT molecular complexity index is 1490. The van der Waals surface area contributed by atoms with Crippen molar-refractivity contribution in [1.82, 2.24) is 19.4 Å². The average Bonchev–Trinajstić information content (AvgIpc) is 3.31. The van der Waals surface area contributed by atoms with Crippen LogP contribution in [-0.4, -0.2) is 25.4 Å². The van der Waals surface area contributed by atoms with Gasteiger partial charge in [0.1, 0.15) is 5.82 Å². The fourth-order valence-electron chi connectivity index (χ4n) is 3.35. The molecule has 0 bridgehead atoms. The normalized spacial score (nSPS) is 10.8. The third-order valence-electron chi connectivity index (χ3n) is 4.91. The largest absolute Gasteiger partial charge is 0.337 e. The SMILES string of the molecule is O=C(Nc1cccc(-c2cn3ccnc3c(Nc3ccncc3)n2)c1)Nc1ccc(F)c(Cl)c1. The smallest absolute Gasteiger partial charge is 0.323 e. The first-order valence-electron chi connectivity index (χ1n) is 10.2. The molecule has 0 saturated heterocycles. The molecule has 2 amide bonds. The number of amides is 2. The molecule has 168 valence electrons. The van der Waals surface area contributed by atoms with Crippen molar-refractivity contribution in [2.75, 3.05) is 16.0 Å². The standard InChI is InChI=1S/C24H17ClFN7O/c25-19-13-18(4-5-20(19)26)31-24(34)30-17-3-1-2-15(12-17)21-14-33-11-10-28-23(33)22(32-21)29-16-6-8-27-9-7-16/h1-14H,(H,27,29,32)(H2,30,31,34). The lowest BCUT2D eigenvalue weighted by molar-refractivity contribution is 0.262. The van der Waals surface area contributed by atoms with Crippen molar-refractivity contribution in [3.63, 3.8) is 0 Å². The van der Waals surface area contributed by atoms with E-state index in [0.717, 1.165) is 11.3 Å². The maximum Gasteiger partial charge on any atom is 0.323 e. The van der Waals surface area contributed by atoms with Crippen LogP contribution < -0.4 is 16.0 Å². The van der Waals surface area contributed by atoms with E-state index in [9.17, 15) is 9.18 Å². The van der Waals surface area contributed by atoms with Gasteiger partial charge in [0.05, 0.1) is 10.7 Å². The van der Waals surface area contributed by atoms with Crippen LogP contribution in [0.15, 0.2) is 85.6 Å². The summed E-state index contributed by atoms with van der Waals surface area (Å²) in [5, 5.41) is 8.60. The van der Waals surface area contributed by atoms with Gasteiger partial charge in [0.15, 0.2) is 11.5 Å². The second-order valence-electron chi connectivity index (χ2n) is 7.28. The maximum absolute atomic E-state index is 13.3. The van der Waals surface area contributed by atoms with E-state index in [0.29, 0.717) is 28.5 Å². The van der Waals surface area contributed by atoms with Gasteiger partial charge in [0, 0.05) is 53.6 Å². The molecule has 34 heavy (non-hydrogen) atoms. The third kappa shape index (κ3) is 4.64. The molecule has 0 radical (unpaired) electrons. The van der Waals surface area contributed by atoms with Crippen molar-refractivity contribution < 1.29 is 9.18 Å². The third-order valence-corrected chi connectivity index (χ3v) is 5.20. The van der Waals surface area contributed by atoms with Gasteiger partial charge in [-0.1, -0.05) is 23.7 Å². The molecule has 0 fully saturated rings. The van der Waals surface area contributed by atoms with Gasteiger partial charge in [0.25, 0.3) is 0 Å². The summed E-state index contributed by atoms with van der Waals surface area (Å²) in [4.78, 5) is 25.6. The molecule has 10 heteroatoms. The summed E-state index contributed by atoms with van der Waals surface area (Å²) in [7, 11) is 0. The Hall–Kier alpha value is -4.50. The van der Waals surface area contributed by atoms with Crippen molar-refractivity contribution in [2.24, 2.45) is 0 Å². The molecule has 8 nitrogen and oxygen atoms in total. The minimum atomic E-state index is -0.555. The fourth-order valence-corrected chi connectivity index (χ4v) is 3.53. The monoisotopic (exact) mass is 473 g/mol. The Morgan fingerprint density at radius 2 is 1.74 bits per heavy atom. The van der Waals surface area contributed by atoms with Gasteiger partial charge in [-0.15, -0.1) is 0 Å². The van der Waals surface area contributed by atoms with Crippen LogP contribution in [-0.2, 0) is 0 Å². The molecular weight excluding hydrogens is 457 g/mol. The lowest BCUT2D eigenvalue weighted by Crippen LogP contribution is -2.19. The summed E-state index contributed by atoms with van der Waals surface area (Å²) in [6.45, 7) is 0. The van der Waals surface area contributed by atoms with E-state index < -0.39 is 11.8 Å². The number of halogens is 2. The van der Waals surface area contributed by atoms with Gasteiger partial charge in [-0.3, -0.25) is 4.98 Å². The summed E-state index contributed by atoms with van der Waals surface area (Å²) in [6.07, 6.45) is 8.77. The number of aromatic nitrogens is 4. The highest BCUT2D eigenvalue weighted by Crippen LogP contribution is 2.26. The number of rotatable bonds is 5. The number of urea groups is 1. The second-order valence-corrected chi connectivity index (χ2v) is 7.69. The highest BCUT2D eigenvalue weighted by Gasteiger charge is 2.11. The van der Waals surface area contributed by atoms with E-state index in [1.807, 2.05) is 41.1 Å². The number of anilines is 4. The number of benzene rings is 2. The van der Waals surface area contributed by atoms with Crippen molar-refractivity contribution in [3.8, 4) is 11.3 Å². The minimum Gasteiger partial charge on any atom is -0.337 e. The molecule has 0 saturated carbocycles. The Labute approximate surface area is 198 Å². The average molecular weight is 474 g/mol. The molecule has 3 heterocycles. The molecule has 0 aliphatic rings. The highest BCUT2D eigenvalue weighted by atomic mass is 35.5. The molecule has 0 aliphatic carbocycles. The zero-order chi connectivity index (χ0) is 23.5. The quantitative estimate of drug-likeness (QED) is 0.292. The second kappa shape index (κ2) is 9.16. The lowest BCUT2D eigenvalue weighted by Gasteiger charge is -2.12. The fraction of sp³-hybridized carbons (Fsp3) is 0. The summed E-state index contributed by atoms with van der Waals surface area (Å²) in [5.41, 5.74) is 3.90. The Balaban J connectivity index is 1.39. The van der Waals surface area contributed by atoms with E-state index in [1.54, 1.807) is 30.7 Å². The molecule has 2 aromatic carbocycles. The number of pyridine rings is 1. The first kappa shape index (κ1) is 21.4. The zero-order valence-electron chi connectivity index (χ0n) is 17.5. The van der Waals surface area contributed by atoms with Crippen LogP contribution >= 0.6 is 11.6 Å². The topological polar surface area (TPSA) is 96.2 Å². The van der Waals surface area contributed by atoms with Crippen molar-refractivity contribution in [3.05, 3.63) is 96.4 Å². The molecule has 0 unspecified atom stereocenters. The number of hydrogen-bond donors (Lipinski definition) is 3. The molecule has 0 spiro atoms. The number of fused-ring (bicyclic) bond motifs is 1. The van der Waals surface area contributed by atoms with Gasteiger partial charge < -0.3 is 20.4 Å². The Morgan fingerprint density at radius 3 is 2.53 bits per heavy atom. The van der Waals surface area contributed by atoms with Crippen LogP contribution in [0.1, 0.15) is 0 Å². The van der Waals surface area contributed by atoms with Gasteiger partial charge in [-0.05, 0) is 42.5 Å². The van der Waals surface area contributed by atoms with Gasteiger partial charge in [0.2, 0.25) is 0 Å². The first-order valence-corrected chi connectivity index (χ1v) is 10.6. The van der Waals surface area contributed by atoms with Crippen LogP contribution in [0.5, 0.6) is 0 Å². The van der Waals surface area contributed by atoms with E-state index >= 15 is 0 Å². The number of nitrogens with zero attached hydrogens (tertiary/aromatic N) is 4. The molecule has 3 aromatic heterocycles. The van der Waals surface area contributed by atoms with Crippen molar-refractivity contribution in [2.45, 2.75) is 0 Å². The van der Waals surface area contributed by atoms with E-state index in [1.165, 1.54) is 18.2 Å². The Morgan fingerprint density at radius 1 is 0.941 bits per heavy atom. The molecule has 3 N–H and O–H groups in total. The minimum absolute atomic E-state index is 0.0723. The molecular formula is C24H17ClFN7O. The predicted molar refractivity (Wildman–Crippen MR) is 130 cm³/mol. The number of carbonyl (C=O) groups is 1. The van der Waals surface area contributed by atoms with Gasteiger partial charge >= 0.3 is 6.03 Å². The summed E-state index contributed by atoms with van der Waals surface area (Å²) >= 11 is 5.77. The number of imidazole rings is 1. The van der Waals surface area contributed by atoms with Crippen LogP contribution in [0.25, 0.3) is 16.9 Å². The molecule has 5 rings (SSSR count). The van der Waals surface area contributed by atoms with E-state index in [2.05, 4.69) is 25.9 Å². The summed E-state index contributed by atoms with van der Waals surface area (Å²) < 4.78 is 15.2. The predicted octanol–water partition coefficient (Wildman–Crippen LogP) is 5.97. The number of nitrogens with one attached hydrogen (secondary N) is 3. The van der Waals surface area contributed by atoms with Crippen molar-refractivity contribution in [1.29, 1.82) is 0 Å². The van der Waals surface area contributed by atoms with Crippen LogP contribution in [0.4, 0.5) is 32.1 Å². The van der Waals surface area contributed by atoms with Crippen LogP contribution in [0.2, 0.25) is 5.02 Å². The van der Waals surface area contributed by atoms with Gasteiger partial charge in [-0.25, -0.2) is 19.2 Å². The van der Waals surface area contributed by atoms with Crippen LogP contribution in [0, 0.1) is 5.82 Å². The number of hydrogen-bond acceptors (Lipinski definition) is 5. The Kier molecular flexibility index (Phi) is 5.75. The lowest BCUT2D eigenvalue weighted by atomic mass is 10.1. The van der Waals surface area contributed by atoms with E-state index in [4.69, 9.17) is 16.6 Å². The highest BCUT2D eigenvalue weighted by molar-refractivity contribution is 6.31. The van der Waals surface area contributed by atoms with Crippen molar-refractivity contribution >= 4 is 46.2 Å². The molecule has 0 aliphatic heterocycles. The summed E-state index contributed by atoms with van der Waals surface area (Å²) in [5.74, 6) is 0.0264. The first-order chi connectivity index (χ1) is 16.5. The summed E-state index contributed by atoms with van der Waals surface area (Å²) in [6, 6.07) is 14.4.